The van der Waals surface area contributed by atoms with Crippen LogP contribution in [0.4, 0.5) is 17.1 Å². The molecule has 1 aromatic heterocycles. The predicted molar refractivity (Wildman–Crippen MR) is 124 cm³/mol. The molecule has 4 nitrogen and oxygen atoms in total. The highest BCUT2D eigenvalue weighted by molar-refractivity contribution is 9.09. The smallest absolute Gasteiger partial charge is 0.137 e. The van der Waals surface area contributed by atoms with E-state index in [1.54, 1.807) is 0 Å². The molecule has 29 heavy (non-hydrogen) atoms. The lowest BCUT2D eigenvalue weighted by atomic mass is 10.1. The molecule has 0 spiro atoms. The highest BCUT2D eigenvalue weighted by Crippen LogP contribution is 2.34. The van der Waals surface area contributed by atoms with Crippen LogP contribution >= 0.6 is 15.9 Å². The van der Waals surface area contributed by atoms with Crippen molar-refractivity contribution in [2.24, 2.45) is 10.2 Å². The second-order valence-corrected chi connectivity index (χ2v) is 7.57. The number of alkyl halides is 1. The summed E-state index contributed by atoms with van der Waals surface area (Å²) in [5.74, 6) is 0. The summed E-state index contributed by atoms with van der Waals surface area (Å²) < 4.78 is 5.95. The molecule has 0 unspecified atom stereocenters. The minimum absolute atomic E-state index is 0.766. The molecule has 4 aromatic carbocycles. The van der Waals surface area contributed by atoms with E-state index >= 15 is 0 Å². The molecule has 0 aliphatic carbocycles. The number of hydrogen-bond acceptors (Lipinski definition) is 4. The van der Waals surface area contributed by atoms with E-state index in [1.807, 2.05) is 54.6 Å². The van der Waals surface area contributed by atoms with Gasteiger partial charge in [-0.15, -0.1) is 5.11 Å². The first-order valence-electron chi connectivity index (χ1n) is 9.48. The van der Waals surface area contributed by atoms with E-state index in [1.165, 1.54) is 0 Å². The van der Waals surface area contributed by atoms with Crippen LogP contribution in [0.15, 0.2) is 93.5 Å². The third-order valence-corrected chi connectivity index (χ3v) is 5.34. The van der Waals surface area contributed by atoms with Crippen molar-refractivity contribution in [2.75, 3.05) is 17.2 Å². The third kappa shape index (κ3) is 3.38. The van der Waals surface area contributed by atoms with Gasteiger partial charge in [0, 0.05) is 45.2 Å². The average Bonchev–Trinajstić information content (AvgIpc) is 3.14. The first-order chi connectivity index (χ1) is 14.3. The molecule has 5 rings (SSSR count). The Kier molecular flexibility index (Phi) is 4.74. The van der Waals surface area contributed by atoms with Crippen LogP contribution < -0.4 is 5.32 Å². The Bertz CT molecular complexity index is 1360. The van der Waals surface area contributed by atoms with Gasteiger partial charge in [-0.25, -0.2) is 0 Å². The maximum atomic E-state index is 5.95. The molecule has 0 amide bonds. The Morgan fingerprint density at radius 1 is 0.724 bits per heavy atom. The number of furan rings is 1. The maximum absolute atomic E-state index is 5.95. The number of benzene rings is 4. The largest absolute Gasteiger partial charge is 0.456 e. The molecule has 0 radical (unpaired) electrons. The van der Waals surface area contributed by atoms with E-state index in [9.17, 15) is 0 Å². The van der Waals surface area contributed by atoms with Gasteiger partial charge >= 0.3 is 0 Å². The standard InChI is InChI=1S/C24H18BrN3O/c25-13-14-26-21-11-12-22(18-6-2-1-5-17(18)21)28-27-16-9-10-20-19-7-3-4-8-23(19)29-24(20)15-16/h1-12,15,26H,13-14H2. The van der Waals surface area contributed by atoms with Gasteiger partial charge in [0.1, 0.15) is 11.2 Å². The van der Waals surface area contributed by atoms with Crippen molar-refractivity contribution in [1.29, 1.82) is 0 Å². The summed E-state index contributed by atoms with van der Waals surface area (Å²) in [5, 5.41) is 17.8. The van der Waals surface area contributed by atoms with E-state index in [-0.39, 0.29) is 0 Å². The summed E-state index contributed by atoms with van der Waals surface area (Å²) in [6.07, 6.45) is 0. The number of halogens is 1. The SMILES string of the molecule is BrCCNc1ccc(N=Nc2ccc3c(c2)oc2ccccc23)c2ccccc12. The number of nitrogens with one attached hydrogen (secondary N) is 1. The molecule has 1 N–H and O–H groups in total. The lowest BCUT2D eigenvalue weighted by Gasteiger charge is -2.10. The van der Waals surface area contributed by atoms with Crippen molar-refractivity contribution in [2.45, 2.75) is 0 Å². The van der Waals surface area contributed by atoms with Crippen molar-refractivity contribution in [3.63, 3.8) is 0 Å². The fourth-order valence-electron chi connectivity index (χ4n) is 3.59. The number of nitrogens with zero attached hydrogens (tertiary/aromatic N) is 2. The molecule has 1 heterocycles. The molecule has 0 saturated heterocycles. The minimum Gasteiger partial charge on any atom is -0.456 e. The van der Waals surface area contributed by atoms with Gasteiger partial charge in [-0.05, 0) is 30.3 Å². The normalized spacial score (nSPS) is 11.8. The molecule has 0 saturated carbocycles. The fourth-order valence-corrected chi connectivity index (χ4v) is 3.79. The first-order valence-corrected chi connectivity index (χ1v) is 10.6. The van der Waals surface area contributed by atoms with E-state index in [0.29, 0.717) is 0 Å². The highest BCUT2D eigenvalue weighted by Gasteiger charge is 2.08. The van der Waals surface area contributed by atoms with Crippen LogP contribution in [-0.4, -0.2) is 11.9 Å². The van der Waals surface area contributed by atoms with E-state index < -0.39 is 0 Å². The Hall–Kier alpha value is -3.18. The van der Waals surface area contributed by atoms with Gasteiger partial charge in [0.05, 0.1) is 11.4 Å². The Labute approximate surface area is 176 Å². The molecule has 0 fully saturated rings. The fraction of sp³-hybridized carbons (Fsp3) is 0.0833. The third-order valence-electron chi connectivity index (χ3n) is 4.95. The van der Waals surface area contributed by atoms with Crippen LogP contribution in [0.25, 0.3) is 32.7 Å². The molecule has 0 bridgehead atoms. The second kappa shape index (κ2) is 7.68. The van der Waals surface area contributed by atoms with Gasteiger partial charge in [-0.2, -0.15) is 5.11 Å². The van der Waals surface area contributed by atoms with Gasteiger partial charge in [0.15, 0.2) is 0 Å². The molecule has 5 aromatic rings. The van der Waals surface area contributed by atoms with Crippen molar-refractivity contribution in [3.8, 4) is 0 Å². The van der Waals surface area contributed by atoms with E-state index in [2.05, 4.69) is 55.7 Å². The molecule has 5 heteroatoms. The monoisotopic (exact) mass is 443 g/mol. The topological polar surface area (TPSA) is 49.9 Å². The van der Waals surface area contributed by atoms with Crippen LogP contribution in [0, 0.1) is 0 Å². The van der Waals surface area contributed by atoms with Crippen LogP contribution in [0.1, 0.15) is 0 Å². The highest BCUT2D eigenvalue weighted by atomic mass is 79.9. The zero-order valence-corrected chi connectivity index (χ0v) is 17.2. The number of para-hydroxylation sites is 1. The average molecular weight is 444 g/mol. The van der Waals surface area contributed by atoms with Crippen molar-refractivity contribution in [1.82, 2.24) is 0 Å². The number of rotatable bonds is 5. The van der Waals surface area contributed by atoms with Gasteiger partial charge in [0.25, 0.3) is 0 Å². The van der Waals surface area contributed by atoms with E-state index in [0.717, 1.165) is 61.6 Å². The summed E-state index contributed by atoms with van der Waals surface area (Å²) in [7, 11) is 0. The van der Waals surface area contributed by atoms with E-state index in [4.69, 9.17) is 4.42 Å². The van der Waals surface area contributed by atoms with Crippen molar-refractivity contribution >= 4 is 65.7 Å². The molecule has 0 aliphatic rings. The van der Waals surface area contributed by atoms with Crippen LogP contribution in [0.5, 0.6) is 0 Å². The molecular formula is C24H18BrN3O. The molecular weight excluding hydrogens is 426 g/mol. The van der Waals surface area contributed by atoms with Gasteiger partial charge in [-0.1, -0.05) is 58.4 Å². The quantitative estimate of drug-likeness (QED) is 0.221. The van der Waals surface area contributed by atoms with Crippen LogP contribution in [0.3, 0.4) is 0 Å². The first kappa shape index (κ1) is 17.9. The Morgan fingerprint density at radius 3 is 2.34 bits per heavy atom. The molecule has 0 aliphatic heterocycles. The van der Waals surface area contributed by atoms with Gasteiger partial charge in [-0.3, -0.25) is 0 Å². The van der Waals surface area contributed by atoms with Crippen LogP contribution in [0.2, 0.25) is 0 Å². The summed E-state index contributed by atoms with van der Waals surface area (Å²) in [4.78, 5) is 0. The minimum atomic E-state index is 0.766. The molecule has 142 valence electrons. The zero-order valence-electron chi connectivity index (χ0n) is 15.6. The predicted octanol–water partition coefficient (Wildman–Crippen LogP) is 7.96. The summed E-state index contributed by atoms with van der Waals surface area (Å²) in [5.41, 5.74) is 4.41. The summed E-state index contributed by atoms with van der Waals surface area (Å²) in [6, 6.07) is 26.3. The van der Waals surface area contributed by atoms with Crippen molar-refractivity contribution in [3.05, 3.63) is 78.9 Å². The molecule has 0 atom stereocenters. The second-order valence-electron chi connectivity index (χ2n) is 6.77. The lowest BCUT2D eigenvalue weighted by molar-refractivity contribution is 0.669. The van der Waals surface area contributed by atoms with Crippen LogP contribution in [-0.2, 0) is 0 Å². The number of anilines is 1. The van der Waals surface area contributed by atoms with Gasteiger partial charge < -0.3 is 9.73 Å². The number of hydrogen-bond donors (Lipinski definition) is 1. The van der Waals surface area contributed by atoms with Crippen molar-refractivity contribution < 1.29 is 4.42 Å². The summed E-state index contributed by atoms with van der Waals surface area (Å²) >= 11 is 3.46. The Balaban J connectivity index is 1.52. The number of azo groups is 1. The Morgan fingerprint density at radius 2 is 1.48 bits per heavy atom. The van der Waals surface area contributed by atoms with Gasteiger partial charge in [0.2, 0.25) is 0 Å². The zero-order chi connectivity index (χ0) is 19.6. The maximum Gasteiger partial charge on any atom is 0.137 e. The number of fused-ring (bicyclic) bond motifs is 4. The lowest BCUT2D eigenvalue weighted by Crippen LogP contribution is -2.02. The summed E-state index contributed by atoms with van der Waals surface area (Å²) in [6.45, 7) is 0.863.